The van der Waals surface area contributed by atoms with Gasteiger partial charge < -0.3 is 19.9 Å². The maximum absolute atomic E-state index is 10.5. The Morgan fingerprint density at radius 2 is 1.95 bits per heavy atom. The maximum atomic E-state index is 10.5. The molecule has 0 atom stereocenters. The monoisotopic (exact) mass is 305 g/mol. The highest BCUT2D eigenvalue weighted by Crippen LogP contribution is 2.37. The molecule has 8 heteroatoms. The molecule has 0 aliphatic carbocycles. The number of nitrogens with one attached hydrogen (secondary N) is 1. The van der Waals surface area contributed by atoms with Crippen molar-refractivity contribution >= 4 is 10.1 Å². The van der Waals surface area contributed by atoms with Crippen molar-refractivity contribution in [1.82, 2.24) is 5.32 Å². The van der Waals surface area contributed by atoms with Crippen molar-refractivity contribution in [3.05, 3.63) is 17.7 Å². The molecule has 1 aromatic carbocycles. The Morgan fingerprint density at radius 3 is 2.50 bits per heavy atom. The molecule has 0 saturated carbocycles. The molecule has 0 bridgehead atoms. The molecule has 0 aliphatic heterocycles. The van der Waals surface area contributed by atoms with Crippen LogP contribution in [0.1, 0.15) is 12.0 Å². The summed E-state index contributed by atoms with van der Waals surface area (Å²) >= 11 is 0. The average molecular weight is 305 g/mol. The van der Waals surface area contributed by atoms with E-state index in [9.17, 15) is 13.5 Å². The third-order valence-corrected chi connectivity index (χ3v) is 3.41. The molecule has 3 N–H and O–H groups in total. The van der Waals surface area contributed by atoms with E-state index in [1.54, 1.807) is 6.07 Å². The summed E-state index contributed by atoms with van der Waals surface area (Å²) in [6.07, 6.45) is 0.304. The average Bonchev–Trinajstić information content (AvgIpc) is 2.36. The number of phenolic OH excluding ortho intramolecular Hbond substituents is 1. The topological polar surface area (TPSA) is 105 Å². The molecule has 1 aromatic rings. The number of rotatable bonds is 8. The first-order chi connectivity index (χ1) is 9.37. The van der Waals surface area contributed by atoms with Gasteiger partial charge in [0.25, 0.3) is 10.1 Å². The third-order valence-electron chi connectivity index (χ3n) is 2.60. The number of hydrogen-bond acceptors (Lipinski definition) is 6. The molecular formula is C12H19NO6S. The van der Waals surface area contributed by atoms with E-state index < -0.39 is 10.1 Å². The van der Waals surface area contributed by atoms with Crippen LogP contribution in [-0.2, 0) is 16.7 Å². The summed E-state index contributed by atoms with van der Waals surface area (Å²) < 4.78 is 39.7. The third kappa shape index (κ3) is 5.24. The van der Waals surface area contributed by atoms with E-state index in [-0.39, 0.29) is 17.3 Å². The molecule has 0 aliphatic rings. The van der Waals surface area contributed by atoms with Crippen molar-refractivity contribution in [1.29, 1.82) is 0 Å². The molecule has 0 radical (unpaired) electrons. The van der Waals surface area contributed by atoms with Crippen LogP contribution in [0.2, 0.25) is 0 Å². The lowest BCUT2D eigenvalue weighted by Crippen LogP contribution is -2.18. The molecule has 0 spiro atoms. The minimum Gasteiger partial charge on any atom is -0.504 e. The lowest BCUT2D eigenvalue weighted by atomic mass is 10.2. The lowest BCUT2D eigenvalue weighted by Gasteiger charge is -2.12. The van der Waals surface area contributed by atoms with E-state index in [1.807, 2.05) is 0 Å². The minimum atomic E-state index is -3.91. The van der Waals surface area contributed by atoms with Crippen molar-refractivity contribution < 1.29 is 27.6 Å². The van der Waals surface area contributed by atoms with Crippen LogP contribution in [0.4, 0.5) is 0 Å². The molecule has 0 fully saturated rings. The van der Waals surface area contributed by atoms with Gasteiger partial charge in [0.15, 0.2) is 11.5 Å². The molecule has 0 unspecified atom stereocenters. The highest BCUT2D eigenvalue weighted by Gasteiger charge is 2.11. The standard InChI is InChI=1S/C12H19NO6S/c1-18-11-7-9(6-10(14)12(11)19-2)8-13-4-3-5-20(15,16)17/h6-7,13-14H,3-5,8H2,1-2H3,(H,15,16,17). The summed E-state index contributed by atoms with van der Waals surface area (Å²) in [5.41, 5.74) is 0.770. The van der Waals surface area contributed by atoms with Crippen LogP contribution in [0.15, 0.2) is 12.1 Å². The Labute approximate surface area is 118 Å². The van der Waals surface area contributed by atoms with Crippen LogP contribution in [0, 0.1) is 0 Å². The zero-order valence-corrected chi connectivity index (χ0v) is 12.2. The molecule has 0 amide bonds. The summed E-state index contributed by atoms with van der Waals surface area (Å²) in [5, 5.41) is 12.8. The first kappa shape index (κ1) is 16.5. The van der Waals surface area contributed by atoms with Crippen LogP contribution in [0.5, 0.6) is 17.2 Å². The highest BCUT2D eigenvalue weighted by molar-refractivity contribution is 7.85. The zero-order chi connectivity index (χ0) is 15.2. The Morgan fingerprint density at radius 1 is 1.25 bits per heavy atom. The molecule has 114 valence electrons. The van der Waals surface area contributed by atoms with E-state index in [1.165, 1.54) is 20.3 Å². The predicted molar refractivity (Wildman–Crippen MR) is 74.0 cm³/mol. The lowest BCUT2D eigenvalue weighted by molar-refractivity contribution is 0.332. The SMILES string of the molecule is COc1cc(CNCCCS(=O)(=O)O)cc(O)c1OC. The van der Waals surface area contributed by atoms with Crippen molar-refractivity contribution in [2.45, 2.75) is 13.0 Å². The molecule has 20 heavy (non-hydrogen) atoms. The van der Waals surface area contributed by atoms with Gasteiger partial charge in [-0.2, -0.15) is 8.42 Å². The van der Waals surface area contributed by atoms with Crippen LogP contribution in [0.3, 0.4) is 0 Å². The van der Waals surface area contributed by atoms with Crippen molar-refractivity contribution in [2.75, 3.05) is 26.5 Å². The quantitative estimate of drug-likeness (QED) is 0.481. The van der Waals surface area contributed by atoms with Gasteiger partial charge in [0.2, 0.25) is 5.75 Å². The second-order valence-electron chi connectivity index (χ2n) is 4.17. The summed E-state index contributed by atoms with van der Waals surface area (Å²) in [5.74, 6) is 0.378. The van der Waals surface area contributed by atoms with Crippen molar-refractivity contribution in [3.63, 3.8) is 0 Å². The van der Waals surface area contributed by atoms with E-state index in [0.29, 0.717) is 25.3 Å². The van der Waals surface area contributed by atoms with Gasteiger partial charge in [-0.15, -0.1) is 0 Å². The number of benzene rings is 1. The normalized spacial score (nSPS) is 11.3. The molecule has 0 aromatic heterocycles. The van der Waals surface area contributed by atoms with Crippen LogP contribution in [-0.4, -0.2) is 44.6 Å². The van der Waals surface area contributed by atoms with Gasteiger partial charge in [-0.3, -0.25) is 4.55 Å². The molecular weight excluding hydrogens is 286 g/mol. The van der Waals surface area contributed by atoms with Crippen molar-refractivity contribution in [2.24, 2.45) is 0 Å². The fraction of sp³-hybridized carbons (Fsp3) is 0.500. The van der Waals surface area contributed by atoms with E-state index in [2.05, 4.69) is 5.32 Å². The first-order valence-corrected chi connectivity index (χ1v) is 7.58. The van der Waals surface area contributed by atoms with Gasteiger partial charge in [0.05, 0.1) is 20.0 Å². The Hall–Kier alpha value is -1.51. The van der Waals surface area contributed by atoms with Gasteiger partial charge in [-0.1, -0.05) is 0 Å². The Bertz CT molecular complexity index is 543. The highest BCUT2D eigenvalue weighted by atomic mass is 32.2. The maximum Gasteiger partial charge on any atom is 0.264 e. The fourth-order valence-corrected chi connectivity index (χ4v) is 2.22. The zero-order valence-electron chi connectivity index (χ0n) is 11.4. The largest absolute Gasteiger partial charge is 0.504 e. The number of methoxy groups -OCH3 is 2. The van der Waals surface area contributed by atoms with Gasteiger partial charge in [-0.05, 0) is 30.7 Å². The van der Waals surface area contributed by atoms with Crippen LogP contribution < -0.4 is 14.8 Å². The number of phenols is 1. The van der Waals surface area contributed by atoms with Gasteiger partial charge in [0, 0.05) is 6.54 Å². The molecule has 7 nitrogen and oxygen atoms in total. The second kappa shape index (κ2) is 7.32. The van der Waals surface area contributed by atoms with E-state index in [0.717, 1.165) is 5.56 Å². The Balaban J connectivity index is 2.54. The first-order valence-electron chi connectivity index (χ1n) is 5.97. The van der Waals surface area contributed by atoms with E-state index >= 15 is 0 Å². The van der Waals surface area contributed by atoms with Gasteiger partial charge >= 0.3 is 0 Å². The smallest absolute Gasteiger partial charge is 0.264 e. The fourth-order valence-electron chi connectivity index (χ4n) is 1.71. The summed E-state index contributed by atoms with van der Waals surface area (Å²) in [6.45, 7) is 0.855. The van der Waals surface area contributed by atoms with Crippen LogP contribution >= 0.6 is 0 Å². The summed E-state index contributed by atoms with van der Waals surface area (Å²) in [7, 11) is -1.00. The minimum absolute atomic E-state index is 0.0263. The van der Waals surface area contributed by atoms with Gasteiger partial charge in [0.1, 0.15) is 0 Å². The number of aromatic hydroxyl groups is 1. The van der Waals surface area contributed by atoms with Crippen LogP contribution in [0.25, 0.3) is 0 Å². The molecule has 0 heterocycles. The summed E-state index contributed by atoms with van der Waals surface area (Å²) in [4.78, 5) is 0. The summed E-state index contributed by atoms with van der Waals surface area (Å²) in [6, 6.07) is 3.26. The number of ether oxygens (including phenoxy) is 2. The predicted octanol–water partition coefficient (Wildman–Crippen LogP) is 0.777. The number of hydrogen-bond donors (Lipinski definition) is 3. The van der Waals surface area contributed by atoms with E-state index in [4.69, 9.17) is 14.0 Å². The Kier molecular flexibility index (Phi) is 6.05. The van der Waals surface area contributed by atoms with Gasteiger partial charge in [-0.25, -0.2) is 0 Å². The molecule has 0 saturated heterocycles. The molecule has 1 rings (SSSR count). The van der Waals surface area contributed by atoms with Crippen molar-refractivity contribution in [3.8, 4) is 17.2 Å². The second-order valence-corrected chi connectivity index (χ2v) is 5.74.